The first-order chi connectivity index (χ1) is 10.6. The van der Waals surface area contributed by atoms with E-state index in [1.54, 1.807) is 12.1 Å². The summed E-state index contributed by atoms with van der Waals surface area (Å²) in [4.78, 5) is 30.6. The van der Waals surface area contributed by atoms with Gasteiger partial charge in [-0.05, 0) is 18.7 Å². The maximum Gasteiger partial charge on any atom is 0.251 e. The van der Waals surface area contributed by atoms with Crippen molar-refractivity contribution in [2.75, 3.05) is 37.6 Å². The van der Waals surface area contributed by atoms with Gasteiger partial charge in [0.05, 0.1) is 18.2 Å². The molecule has 0 bridgehead atoms. The molecule has 2 heterocycles. The number of piperazine rings is 1. The maximum absolute atomic E-state index is 12.6. The Morgan fingerprint density at radius 2 is 1.91 bits per heavy atom. The number of imide groups is 1. The Kier molecular flexibility index (Phi) is 4.13. The zero-order valence-corrected chi connectivity index (χ0v) is 12.7. The van der Waals surface area contributed by atoms with E-state index in [9.17, 15) is 14.7 Å². The van der Waals surface area contributed by atoms with Gasteiger partial charge in [-0.3, -0.25) is 14.5 Å². The summed E-state index contributed by atoms with van der Waals surface area (Å²) in [7, 11) is 0. The van der Waals surface area contributed by atoms with Crippen LogP contribution in [0.5, 0.6) is 5.75 Å². The predicted molar refractivity (Wildman–Crippen MR) is 82.7 cm³/mol. The van der Waals surface area contributed by atoms with Gasteiger partial charge in [0.15, 0.2) is 0 Å². The second-order valence-electron chi connectivity index (χ2n) is 5.78. The first kappa shape index (κ1) is 15.0. The van der Waals surface area contributed by atoms with Crippen LogP contribution < -0.4 is 4.90 Å². The number of likely N-dealkylation sites (N-methyl/N-ethyl adjacent to an activating group) is 1. The molecule has 6 nitrogen and oxygen atoms in total. The molecule has 2 saturated heterocycles. The molecule has 118 valence electrons. The van der Waals surface area contributed by atoms with E-state index in [4.69, 9.17) is 0 Å². The topological polar surface area (TPSA) is 64.1 Å². The lowest BCUT2D eigenvalue weighted by molar-refractivity contribution is -0.123. The van der Waals surface area contributed by atoms with Gasteiger partial charge in [0.2, 0.25) is 5.91 Å². The van der Waals surface area contributed by atoms with Gasteiger partial charge in [0.25, 0.3) is 5.91 Å². The fraction of sp³-hybridized carbons (Fsp3) is 0.500. The highest BCUT2D eigenvalue weighted by molar-refractivity contribution is 6.22. The highest BCUT2D eigenvalue weighted by Gasteiger charge is 2.43. The van der Waals surface area contributed by atoms with E-state index in [-0.39, 0.29) is 30.0 Å². The molecule has 0 aromatic heterocycles. The molecule has 1 atom stereocenters. The van der Waals surface area contributed by atoms with Crippen LogP contribution in [0, 0.1) is 0 Å². The molecule has 6 heteroatoms. The van der Waals surface area contributed by atoms with Crippen molar-refractivity contribution in [2.45, 2.75) is 19.4 Å². The zero-order chi connectivity index (χ0) is 15.7. The van der Waals surface area contributed by atoms with Gasteiger partial charge in [0, 0.05) is 32.2 Å². The van der Waals surface area contributed by atoms with Crippen LogP contribution in [0.25, 0.3) is 0 Å². The van der Waals surface area contributed by atoms with Crippen molar-refractivity contribution < 1.29 is 14.7 Å². The van der Waals surface area contributed by atoms with E-state index >= 15 is 0 Å². The molecule has 1 N–H and O–H groups in total. The van der Waals surface area contributed by atoms with Crippen molar-refractivity contribution in [1.29, 1.82) is 0 Å². The minimum Gasteiger partial charge on any atom is -0.508 e. The van der Waals surface area contributed by atoms with Crippen molar-refractivity contribution in [3.63, 3.8) is 0 Å². The number of anilines is 1. The van der Waals surface area contributed by atoms with Crippen molar-refractivity contribution in [2.24, 2.45) is 0 Å². The van der Waals surface area contributed by atoms with Crippen molar-refractivity contribution in [3.8, 4) is 5.75 Å². The third kappa shape index (κ3) is 2.71. The quantitative estimate of drug-likeness (QED) is 0.831. The van der Waals surface area contributed by atoms with Crippen LogP contribution in [0.15, 0.2) is 24.3 Å². The molecule has 3 rings (SSSR count). The average molecular weight is 303 g/mol. The first-order valence-electron chi connectivity index (χ1n) is 7.72. The number of amides is 2. The smallest absolute Gasteiger partial charge is 0.251 e. The van der Waals surface area contributed by atoms with Gasteiger partial charge in [-0.25, -0.2) is 4.90 Å². The number of aromatic hydroxyl groups is 1. The third-order valence-electron chi connectivity index (χ3n) is 4.51. The fourth-order valence-corrected chi connectivity index (χ4v) is 3.20. The summed E-state index contributed by atoms with van der Waals surface area (Å²) in [6, 6.07) is 5.92. The molecule has 2 amide bonds. The van der Waals surface area contributed by atoms with E-state index in [0.29, 0.717) is 5.69 Å². The minimum atomic E-state index is -0.367. The van der Waals surface area contributed by atoms with Gasteiger partial charge in [-0.2, -0.15) is 0 Å². The lowest BCUT2D eigenvalue weighted by atomic mass is 10.1. The van der Waals surface area contributed by atoms with E-state index < -0.39 is 0 Å². The Labute approximate surface area is 129 Å². The van der Waals surface area contributed by atoms with Crippen LogP contribution >= 0.6 is 0 Å². The Bertz CT molecular complexity index is 582. The van der Waals surface area contributed by atoms with E-state index in [0.717, 1.165) is 32.7 Å². The molecular formula is C16H21N3O3. The van der Waals surface area contributed by atoms with E-state index in [1.807, 2.05) is 0 Å². The van der Waals surface area contributed by atoms with Gasteiger partial charge < -0.3 is 10.0 Å². The summed E-state index contributed by atoms with van der Waals surface area (Å²) in [6.45, 7) is 6.63. The lowest BCUT2D eigenvalue weighted by Gasteiger charge is -2.36. The normalized spacial score (nSPS) is 24.2. The summed E-state index contributed by atoms with van der Waals surface area (Å²) in [5.41, 5.74) is 0.449. The van der Waals surface area contributed by atoms with E-state index in [1.165, 1.54) is 17.0 Å². The molecule has 2 aliphatic heterocycles. The summed E-state index contributed by atoms with van der Waals surface area (Å²) in [6.07, 6.45) is 0.223. The number of phenols is 1. The molecule has 0 aliphatic carbocycles. The summed E-state index contributed by atoms with van der Waals surface area (Å²) < 4.78 is 0. The highest BCUT2D eigenvalue weighted by atomic mass is 16.3. The minimum absolute atomic E-state index is 0.0538. The van der Waals surface area contributed by atoms with Gasteiger partial charge in [-0.1, -0.05) is 13.0 Å². The lowest BCUT2D eigenvalue weighted by Crippen LogP contribution is -2.52. The summed E-state index contributed by atoms with van der Waals surface area (Å²) >= 11 is 0. The van der Waals surface area contributed by atoms with Gasteiger partial charge in [0.1, 0.15) is 5.75 Å². The van der Waals surface area contributed by atoms with Crippen LogP contribution in [0.1, 0.15) is 13.3 Å². The third-order valence-corrected chi connectivity index (χ3v) is 4.51. The molecule has 1 unspecified atom stereocenters. The summed E-state index contributed by atoms with van der Waals surface area (Å²) in [5.74, 6) is -0.322. The fourth-order valence-electron chi connectivity index (χ4n) is 3.20. The predicted octanol–water partition coefficient (Wildman–Crippen LogP) is 0.662. The maximum atomic E-state index is 12.6. The van der Waals surface area contributed by atoms with Crippen molar-refractivity contribution >= 4 is 17.5 Å². The van der Waals surface area contributed by atoms with Crippen LogP contribution in [0.3, 0.4) is 0 Å². The number of carbonyl (C=O) groups excluding carboxylic acids is 2. The molecule has 0 radical (unpaired) electrons. The monoisotopic (exact) mass is 303 g/mol. The SMILES string of the molecule is CCN1CCN(C2CC(=O)N(c3cccc(O)c3)C2=O)CC1. The number of rotatable bonds is 3. The highest BCUT2D eigenvalue weighted by Crippen LogP contribution is 2.28. The Morgan fingerprint density at radius 1 is 1.18 bits per heavy atom. The molecule has 2 fully saturated rings. The van der Waals surface area contributed by atoms with Crippen LogP contribution in [0.4, 0.5) is 5.69 Å². The molecule has 2 aliphatic rings. The van der Waals surface area contributed by atoms with Gasteiger partial charge >= 0.3 is 0 Å². The number of carbonyl (C=O) groups is 2. The van der Waals surface area contributed by atoms with Crippen LogP contribution in [-0.2, 0) is 9.59 Å². The number of benzene rings is 1. The number of hydrogen-bond acceptors (Lipinski definition) is 5. The molecular weight excluding hydrogens is 282 g/mol. The standard InChI is InChI=1S/C16H21N3O3/c1-2-17-6-8-18(9-7-17)14-11-15(21)19(16(14)22)12-4-3-5-13(20)10-12/h3-5,10,14,20H,2,6-9,11H2,1H3. The molecule has 22 heavy (non-hydrogen) atoms. The molecule has 1 aromatic carbocycles. The van der Waals surface area contributed by atoms with Crippen molar-refractivity contribution in [3.05, 3.63) is 24.3 Å². The van der Waals surface area contributed by atoms with Crippen LogP contribution in [0.2, 0.25) is 0 Å². The van der Waals surface area contributed by atoms with Crippen LogP contribution in [-0.4, -0.2) is 65.5 Å². The Morgan fingerprint density at radius 3 is 2.55 bits per heavy atom. The van der Waals surface area contributed by atoms with Crippen molar-refractivity contribution in [1.82, 2.24) is 9.80 Å². The van der Waals surface area contributed by atoms with Gasteiger partial charge in [-0.15, -0.1) is 0 Å². The number of hydrogen-bond donors (Lipinski definition) is 1. The molecule has 1 aromatic rings. The summed E-state index contributed by atoms with van der Waals surface area (Å²) in [5, 5.41) is 9.55. The Balaban J connectivity index is 1.75. The number of phenolic OH excluding ortho intramolecular Hbond substituents is 1. The molecule has 0 saturated carbocycles. The average Bonchev–Trinajstić information content (AvgIpc) is 2.82. The largest absolute Gasteiger partial charge is 0.508 e. The number of nitrogens with zero attached hydrogens (tertiary/aromatic N) is 3. The second-order valence-corrected chi connectivity index (χ2v) is 5.78. The molecule has 0 spiro atoms. The second kappa shape index (κ2) is 6.06. The zero-order valence-electron chi connectivity index (χ0n) is 12.7. The van der Waals surface area contributed by atoms with E-state index in [2.05, 4.69) is 16.7 Å². The first-order valence-corrected chi connectivity index (χ1v) is 7.72. The Hall–Kier alpha value is -1.92.